The van der Waals surface area contributed by atoms with Gasteiger partial charge in [-0.3, -0.25) is 4.79 Å². The van der Waals surface area contributed by atoms with E-state index in [0.29, 0.717) is 13.0 Å². The molecule has 0 saturated carbocycles. The van der Waals surface area contributed by atoms with Crippen molar-refractivity contribution in [1.29, 1.82) is 0 Å². The molecule has 1 aromatic carbocycles. The lowest BCUT2D eigenvalue weighted by atomic mass is 9.95. The molecule has 0 bridgehead atoms. The fourth-order valence-electron chi connectivity index (χ4n) is 2.18. The van der Waals surface area contributed by atoms with Gasteiger partial charge < -0.3 is 14.7 Å². The standard InChI is InChI=1S/C13H17NO3/c1-14-8-10(7-12(14)15)13(16)9-3-5-11(17-2)6-4-9/h3-6,10,13,16H,7-8H2,1-2H3. The quantitative estimate of drug-likeness (QED) is 0.856. The summed E-state index contributed by atoms with van der Waals surface area (Å²) >= 11 is 0. The lowest BCUT2D eigenvalue weighted by Gasteiger charge is -2.18. The van der Waals surface area contributed by atoms with Crippen LogP contribution in [0.25, 0.3) is 0 Å². The van der Waals surface area contributed by atoms with Gasteiger partial charge >= 0.3 is 0 Å². The molecule has 1 fully saturated rings. The second-order valence-corrected chi connectivity index (χ2v) is 4.46. The summed E-state index contributed by atoms with van der Waals surface area (Å²) in [6.07, 6.45) is -0.168. The highest BCUT2D eigenvalue weighted by Gasteiger charge is 2.32. The SMILES string of the molecule is COc1ccc(C(O)C2CC(=O)N(C)C2)cc1. The van der Waals surface area contributed by atoms with Crippen molar-refractivity contribution >= 4 is 5.91 Å². The Morgan fingerprint density at radius 2 is 2.06 bits per heavy atom. The molecule has 1 N–H and O–H groups in total. The smallest absolute Gasteiger partial charge is 0.222 e. The molecule has 4 heteroatoms. The van der Waals surface area contributed by atoms with Crippen LogP contribution in [-0.4, -0.2) is 36.6 Å². The number of hydrogen-bond acceptors (Lipinski definition) is 3. The fraction of sp³-hybridized carbons (Fsp3) is 0.462. The van der Waals surface area contributed by atoms with Crippen LogP contribution >= 0.6 is 0 Å². The average molecular weight is 235 g/mol. The summed E-state index contributed by atoms with van der Waals surface area (Å²) in [5.74, 6) is 0.851. The van der Waals surface area contributed by atoms with Gasteiger partial charge in [0.25, 0.3) is 0 Å². The molecule has 1 aromatic rings. The van der Waals surface area contributed by atoms with Crippen LogP contribution < -0.4 is 4.74 Å². The van der Waals surface area contributed by atoms with Crippen molar-refractivity contribution in [1.82, 2.24) is 4.90 Å². The molecule has 1 saturated heterocycles. The maximum absolute atomic E-state index is 11.4. The molecule has 0 aromatic heterocycles. The number of carbonyl (C=O) groups excluding carboxylic acids is 1. The van der Waals surface area contributed by atoms with E-state index in [0.717, 1.165) is 11.3 Å². The minimum Gasteiger partial charge on any atom is -0.497 e. The van der Waals surface area contributed by atoms with Crippen LogP contribution in [0, 0.1) is 5.92 Å². The highest BCUT2D eigenvalue weighted by Crippen LogP contribution is 2.30. The molecule has 0 aliphatic carbocycles. The van der Waals surface area contributed by atoms with Gasteiger partial charge in [0, 0.05) is 25.9 Å². The average Bonchev–Trinajstić information content (AvgIpc) is 2.69. The summed E-state index contributed by atoms with van der Waals surface area (Å²) in [5.41, 5.74) is 0.832. The molecule has 0 spiro atoms. The predicted molar refractivity (Wildman–Crippen MR) is 63.7 cm³/mol. The minimum absolute atomic E-state index is 0.0131. The second-order valence-electron chi connectivity index (χ2n) is 4.46. The first-order valence-corrected chi connectivity index (χ1v) is 5.68. The third-order valence-electron chi connectivity index (χ3n) is 3.27. The molecule has 0 radical (unpaired) electrons. The van der Waals surface area contributed by atoms with E-state index in [-0.39, 0.29) is 11.8 Å². The lowest BCUT2D eigenvalue weighted by molar-refractivity contribution is -0.126. The first-order chi connectivity index (χ1) is 8.11. The molecular formula is C13H17NO3. The highest BCUT2D eigenvalue weighted by molar-refractivity contribution is 5.78. The number of nitrogens with zero attached hydrogens (tertiary/aromatic N) is 1. The molecule has 4 nitrogen and oxygen atoms in total. The van der Waals surface area contributed by atoms with Crippen LogP contribution in [0.5, 0.6) is 5.75 Å². The zero-order valence-corrected chi connectivity index (χ0v) is 10.1. The lowest BCUT2D eigenvalue weighted by Crippen LogP contribution is -2.20. The zero-order chi connectivity index (χ0) is 12.4. The molecule has 2 atom stereocenters. The zero-order valence-electron chi connectivity index (χ0n) is 10.1. The molecule has 1 amide bonds. The summed E-state index contributed by atoms with van der Waals surface area (Å²) in [4.78, 5) is 13.1. The first-order valence-electron chi connectivity index (χ1n) is 5.68. The number of hydrogen-bond donors (Lipinski definition) is 1. The maximum Gasteiger partial charge on any atom is 0.222 e. The Balaban J connectivity index is 2.09. The summed E-state index contributed by atoms with van der Waals surface area (Å²) in [6, 6.07) is 7.32. The van der Waals surface area contributed by atoms with Gasteiger partial charge in [-0.15, -0.1) is 0 Å². The Hall–Kier alpha value is -1.55. The maximum atomic E-state index is 11.4. The summed E-state index contributed by atoms with van der Waals surface area (Å²) in [6.45, 7) is 0.617. The third kappa shape index (κ3) is 2.42. The predicted octanol–water partition coefficient (Wildman–Crippen LogP) is 1.21. The van der Waals surface area contributed by atoms with Crippen LogP contribution in [-0.2, 0) is 4.79 Å². The van der Waals surface area contributed by atoms with E-state index < -0.39 is 6.10 Å². The Bertz CT molecular complexity index is 402. The number of benzene rings is 1. The van der Waals surface area contributed by atoms with Crippen LogP contribution in [0.3, 0.4) is 0 Å². The number of aliphatic hydroxyl groups is 1. The van der Waals surface area contributed by atoms with E-state index in [2.05, 4.69) is 0 Å². The molecule has 2 rings (SSSR count). The van der Waals surface area contributed by atoms with Crippen molar-refractivity contribution < 1.29 is 14.6 Å². The Morgan fingerprint density at radius 1 is 1.41 bits per heavy atom. The number of rotatable bonds is 3. The van der Waals surface area contributed by atoms with Gasteiger partial charge in [-0.2, -0.15) is 0 Å². The number of methoxy groups -OCH3 is 1. The minimum atomic E-state index is -0.588. The van der Waals surface area contributed by atoms with E-state index in [1.165, 1.54) is 0 Å². The summed E-state index contributed by atoms with van der Waals surface area (Å²) < 4.78 is 5.06. The topological polar surface area (TPSA) is 49.8 Å². The van der Waals surface area contributed by atoms with Gasteiger partial charge in [0.05, 0.1) is 13.2 Å². The van der Waals surface area contributed by atoms with Gasteiger partial charge in [-0.05, 0) is 17.7 Å². The molecule has 1 aliphatic heterocycles. The van der Waals surface area contributed by atoms with Crippen LogP contribution in [0.2, 0.25) is 0 Å². The van der Waals surface area contributed by atoms with Crippen molar-refractivity contribution in [3.63, 3.8) is 0 Å². The Kier molecular flexibility index (Phi) is 3.33. The second kappa shape index (κ2) is 4.75. The Morgan fingerprint density at radius 3 is 2.53 bits per heavy atom. The van der Waals surface area contributed by atoms with Crippen LogP contribution in [0.15, 0.2) is 24.3 Å². The van der Waals surface area contributed by atoms with Crippen LogP contribution in [0.4, 0.5) is 0 Å². The first kappa shape index (κ1) is 11.9. The van der Waals surface area contributed by atoms with E-state index in [4.69, 9.17) is 4.74 Å². The monoisotopic (exact) mass is 235 g/mol. The van der Waals surface area contributed by atoms with Crippen molar-refractivity contribution in [3.05, 3.63) is 29.8 Å². The van der Waals surface area contributed by atoms with Gasteiger partial charge in [0.1, 0.15) is 5.75 Å². The fourth-order valence-corrected chi connectivity index (χ4v) is 2.18. The number of likely N-dealkylation sites (tertiary alicyclic amines) is 1. The Labute approximate surface area is 101 Å². The number of aliphatic hydroxyl groups excluding tert-OH is 1. The van der Waals surface area contributed by atoms with Crippen molar-refractivity contribution in [3.8, 4) is 5.75 Å². The van der Waals surface area contributed by atoms with Crippen molar-refractivity contribution in [2.75, 3.05) is 20.7 Å². The number of amides is 1. The normalized spacial score (nSPS) is 21.7. The molecule has 1 aliphatic rings. The van der Waals surface area contributed by atoms with E-state index in [1.54, 1.807) is 19.1 Å². The van der Waals surface area contributed by atoms with Gasteiger partial charge in [0.15, 0.2) is 0 Å². The summed E-state index contributed by atoms with van der Waals surface area (Å²) in [7, 11) is 3.37. The van der Waals surface area contributed by atoms with Gasteiger partial charge in [-0.25, -0.2) is 0 Å². The van der Waals surface area contributed by atoms with Crippen LogP contribution in [0.1, 0.15) is 18.1 Å². The van der Waals surface area contributed by atoms with E-state index in [9.17, 15) is 9.90 Å². The number of ether oxygens (including phenoxy) is 1. The summed E-state index contributed by atoms with van der Waals surface area (Å²) in [5, 5.41) is 10.2. The molecule has 1 heterocycles. The van der Waals surface area contributed by atoms with E-state index in [1.807, 2.05) is 24.3 Å². The third-order valence-corrected chi connectivity index (χ3v) is 3.27. The molecule has 17 heavy (non-hydrogen) atoms. The van der Waals surface area contributed by atoms with Gasteiger partial charge in [0.2, 0.25) is 5.91 Å². The van der Waals surface area contributed by atoms with Crippen molar-refractivity contribution in [2.24, 2.45) is 5.92 Å². The largest absolute Gasteiger partial charge is 0.497 e. The molecular weight excluding hydrogens is 218 g/mol. The molecule has 2 unspecified atom stereocenters. The molecule has 92 valence electrons. The highest BCUT2D eigenvalue weighted by atomic mass is 16.5. The number of carbonyl (C=O) groups is 1. The van der Waals surface area contributed by atoms with Gasteiger partial charge in [-0.1, -0.05) is 12.1 Å². The van der Waals surface area contributed by atoms with Crippen molar-refractivity contribution in [2.45, 2.75) is 12.5 Å². The van der Waals surface area contributed by atoms with E-state index >= 15 is 0 Å².